The number of benzene rings is 1. The highest BCUT2D eigenvalue weighted by atomic mass is 35.5. The average molecular weight is 319 g/mol. The summed E-state index contributed by atoms with van der Waals surface area (Å²) >= 11 is 11.7. The molecule has 0 bridgehead atoms. The van der Waals surface area contributed by atoms with Crippen LogP contribution < -0.4 is 5.32 Å². The maximum atomic E-state index is 11.9. The van der Waals surface area contributed by atoms with Crippen LogP contribution in [0.1, 0.15) is 13.3 Å². The highest BCUT2D eigenvalue weighted by molar-refractivity contribution is 6.36. The van der Waals surface area contributed by atoms with E-state index in [1.54, 1.807) is 17.0 Å². The molecule has 0 aromatic heterocycles. The highest BCUT2D eigenvalue weighted by Crippen LogP contribution is 2.25. The fourth-order valence-corrected chi connectivity index (χ4v) is 2.16. The molecular weight excluding hydrogens is 303 g/mol. The zero-order chi connectivity index (χ0) is 15.1. The van der Waals surface area contributed by atoms with Crippen molar-refractivity contribution in [1.29, 1.82) is 0 Å². The summed E-state index contributed by atoms with van der Waals surface area (Å²) in [6.45, 7) is 2.28. The molecule has 20 heavy (non-hydrogen) atoms. The molecule has 110 valence electrons. The number of halogens is 2. The predicted molar refractivity (Wildman–Crippen MR) is 79.5 cm³/mol. The number of carboxylic acids is 1. The number of carboxylic acid groups (broad SMARTS) is 1. The second kappa shape index (κ2) is 8.09. The summed E-state index contributed by atoms with van der Waals surface area (Å²) in [5.74, 6) is -1.28. The standard InChI is InChI=1S/C13H16Cl2N2O3/c1-2-5-17(8-13(19)20)7-12(18)16-11-4-3-9(14)6-10(11)15/h3-4,6H,2,5,7-8H2,1H3,(H,16,18)(H,19,20). The van der Waals surface area contributed by atoms with Gasteiger partial charge in [0.05, 0.1) is 23.8 Å². The van der Waals surface area contributed by atoms with Crippen molar-refractivity contribution in [3.63, 3.8) is 0 Å². The number of amides is 1. The van der Waals surface area contributed by atoms with Gasteiger partial charge in [0.1, 0.15) is 0 Å². The van der Waals surface area contributed by atoms with Crippen LogP contribution >= 0.6 is 23.2 Å². The summed E-state index contributed by atoms with van der Waals surface area (Å²) < 4.78 is 0. The lowest BCUT2D eigenvalue weighted by Gasteiger charge is -2.19. The van der Waals surface area contributed by atoms with Crippen molar-refractivity contribution >= 4 is 40.8 Å². The number of carbonyl (C=O) groups is 2. The molecule has 7 heteroatoms. The lowest BCUT2D eigenvalue weighted by atomic mass is 10.3. The molecule has 0 unspecified atom stereocenters. The first-order valence-corrected chi connectivity index (χ1v) is 6.87. The molecule has 0 radical (unpaired) electrons. The van der Waals surface area contributed by atoms with E-state index < -0.39 is 5.97 Å². The van der Waals surface area contributed by atoms with Crippen LogP contribution in [0, 0.1) is 0 Å². The molecule has 0 saturated heterocycles. The minimum absolute atomic E-state index is 0.000898. The van der Waals surface area contributed by atoms with Crippen molar-refractivity contribution in [2.24, 2.45) is 0 Å². The van der Waals surface area contributed by atoms with Gasteiger partial charge in [-0.25, -0.2) is 0 Å². The Bertz CT molecular complexity index is 495. The van der Waals surface area contributed by atoms with Crippen LogP contribution in [-0.4, -0.2) is 41.5 Å². The van der Waals surface area contributed by atoms with E-state index in [9.17, 15) is 9.59 Å². The van der Waals surface area contributed by atoms with E-state index in [-0.39, 0.29) is 19.0 Å². The number of carbonyl (C=O) groups excluding carboxylic acids is 1. The Kier molecular flexibility index (Phi) is 6.78. The van der Waals surface area contributed by atoms with Crippen molar-refractivity contribution in [1.82, 2.24) is 4.90 Å². The quantitative estimate of drug-likeness (QED) is 0.811. The van der Waals surface area contributed by atoms with Crippen LogP contribution in [0.25, 0.3) is 0 Å². The predicted octanol–water partition coefficient (Wildman–Crippen LogP) is 2.73. The molecular formula is C13H16Cl2N2O3. The van der Waals surface area contributed by atoms with E-state index in [2.05, 4.69) is 5.32 Å². The minimum atomic E-state index is -0.962. The number of hydrogen-bond acceptors (Lipinski definition) is 3. The Morgan fingerprint density at radius 2 is 2.00 bits per heavy atom. The van der Waals surface area contributed by atoms with Crippen LogP contribution in [-0.2, 0) is 9.59 Å². The van der Waals surface area contributed by atoms with Gasteiger partial charge in [-0.2, -0.15) is 0 Å². The van der Waals surface area contributed by atoms with Crippen LogP contribution in [0.3, 0.4) is 0 Å². The molecule has 0 aliphatic heterocycles. The van der Waals surface area contributed by atoms with Crippen molar-refractivity contribution in [2.75, 3.05) is 25.0 Å². The van der Waals surface area contributed by atoms with Gasteiger partial charge in [-0.05, 0) is 31.2 Å². The zero-order valence-corrected chi connectivity index (χ0v) is 12.5. The van der Waals surface area contributed by atoms with Gasteiger partial charge in [-0.1, -0.05) is 30.1 Å². The Morgan fingerprint density at radius 1 is 1.30 bits per heavy atom. The van der Waals surface area contributed by atoms with E-state index in [4.69, 9.17) is 28.3 Å². The van der Waals surface area contributed by atoms with Crippen molar-refractivity contribution in [3.05, 3.63) is 28.2 Å². The molecule has 1 amide bonds. The van der Waals surface area contributed by atoms with E-state index in [1.165, 1.54) is 6.07 Å². The van der Waals surface area contributed by atoms with E-state index in [0.29, 0.717) is 22.3 Å². The number of nitrogens with one attached hydrogen (secondary N) is 1. The van der Waals surface area contributed by atoms with Gasteiger partial charge in [0.15, 0.2) is 0 Å². The summed E-state index contributed by atoms with van der Waals surface area (Å²) in [6, 6.07) is 4.74. The number of rotatable bonds is 7. The smallest absolute Gasteiger partial charge is 0.317 e. The van der Waals surface area contributed by atoms with E-state index in [1.807, 2.05) is 6.92 Å². The lowest BCUT2D eigenvalue weighted by Crippen LogP contribution is -2.37. The van der Waals surface area contributed by atoms with Gasteiger partial charge >= 0.3 is 5.97 Å². The van der Waals surface area contributed by atoms with Crippen LogP contribution in [0.15, 0.2) is 18.2 Å². The van der Waals surface area contributed by atoms with Crippen LogP contribution in [0.4, 0.5) is 5.69 Å². The Hall–Kier alpha value is -1.30. The third kappa shape index (κ3) is 5.77. The number of hydrogen-bond donors (Lipinski definition) is 2. The van der Waals surface area contributed by atoms with Crippen molar-refractivity contribution in [3.8, 4) is 0 Å². The fourth-order valence-electron chi connectivity index (χ4n) is 1.71. The number of anilines is 1. The summed E-state index contributed by atoms with van der Waals surface area (Å²) in [7, 11) is 0. The number of aliphatic carboxylic acids is 1. The van der Waals surface area contributed by atoms with Gasteiger partial charge in [0.2, 0.25) is 5.91 Å². The molecule has 0 heterocycles. The van der Waals surface area contributed by atoms with Gasteiger partial charge in [-0.3, -0.25) is 14.5 Å². The average Bonchev–Trinajstić information content (AvgIpc) is 2.32. The van der Waals surface area contributed by atoms with E-state index >= 15 is 0 Å². The first kappa shape index (κ1) is 16.8. The Labute approximate surface area is 127 Å². The fraction of sp³-hybridized carbons (Fsp3) is 0.385. The minimum Gasteiger partial charge on any atom is -0.480 e. The SMILES string of the molecule is CCCN(CC(=O)O)CC(=O)Nc1ccc(Cl)cc1Cl. The molecule has 1 aromatic rings. The monoisotopic (exact) mass is 318 g/mol. The molecule has 1 rings (SSSR count). The van der Waals surface area contributed by atoms with Crippen LogP contribution in [0.5, 0.6) is 0 Å². The maximum Gasteiger partial charge on any atom is 0.317 e. The highest BCUT2D eigenvalue weighted by Gasteiger charge is 2.14. The Balaban J connectivity index is 2.62. The molecule has 0 atom stereocenters. The van der Waals surface area contributed by atoms with E-state index in [0.717, 1.165) is 6.42 Å². The molecule has 0 fully saturated rings. The summed E-state index contributed by atoms with van der Waals surface area (Å²) in [5, 5.41) is 12.2. The van der Waals surface area contributed by atoms with Gasteiger partial charge in [0, 0.05) is 5.02 Å². The maximum absolute atomic E-state index is 11.9. The van der Waals surface area contributed by atoms with Crippen LogP contribution in [0.2, 0.25) is 10.0 Å². The summed E-state index contributed by atoms with van der Waals surface area (Å²) in [5.41, 5.74) is 0.452. The second-order valence-corrected chi connectivity index (χ2v) is 5.12. The number of nitrogens with zero attached hydrogens (tertiary/aromatic N) is 1. The molecule has 2 N–H and O–H groups in total. The van der Waals surface area contributed by atoms with Crippen molar-refractivity contribution in [2.45, 2.75) is 13.3 Å². The van der Waals surface area contributed by atoms with Gasteiger partial charge < -0.3 is 10.4 Å². The second-order valence-electron chi connectivity index (χ2n) is 4.28. The zero-order valence-electron chi connectivity index (χ0n) is 11.0. The molecule has 5 nitrogen and oxygen atoms in total. The molecule has 1 aromatic carbocycles. The molecule has 0 aliphatic rings. The van der Waals surface area contributed by atoms with Crippen molar-refractivity contribution < 1.29 is 14.7 Å². The van der Waals surface area contributed by atoms with Gasteiger partial charge in [-0.15, -0.1) is 0 Å². The largest absolute Gasteiger partial charge is 0.480 e. The normalized spacial score (nSPS) is 10.6. The Morgan fingerprint density at radius 3 is 2.55 bits per heavy atom. The third-order valence-electron chi connectivity index (χ3n) is 2.47. The van der Waals surface area contributed by atoms with Gasteiger partial charge in [0.25, 0.3) is 0 Å². The summed E-state index contributed by atoms with van der Waals surface area (Å²) in [4.78, 5) is 24.1. The molecule has 0 aliphatic carbocycles. The summed E-state index contributed by atoms with van der Waals surface area (Å²) in [6.07, 6.45) is 0.766. The topological polar surface area (TPSA) is 69.6 Å². The third-order valence-corrected chi connectivity index (χ3v) is 3.02. The molecule has 0 saturated carbocycles. The lowest BCUT2D eigenvalue weighted by molar-refractivity contribution is -0.138. The first-order valence-electron chi connectivity index (χ1n) is 6.11. The molecule has 0 spiro atoms. The first-order chi connectivity index (χ1) is 9.42.